The van der Waals surface area contributed by atoms with Crippen LogP contribution in [0.15, 0.2) is 23.1 Å². The van der Waals surface area contributed by atoms with Gasteiger partial charge in [0.15, 0.2) is 0 Å². The lowest BCUT2D eigenvalue weighted by atomic mass is 10.2. The van der Waals surface area contributed by atoms with Crippen LogP contribution < -0.4 is 5.73 Å². The number of rotatable bonds is 4. The van der Waals surface area contributed by atoms with Gasteiger partial charge in [0.25, 0.3) is 0 Å². The predicted octanol–water partition coefficient (Wildman–Crippen LogP) is 1.29. The van der Waals surface area contributed by atoms with E-state index in [2.05, 4.69) is 0 Å². The highest BCUT2D eigenvalue weighted by Gasteiger charge is 2.07. The first kappa shape index (κ1) is 11.5. The van der Waals surface area contributed by atoms with E-state index in [1.807, 2.05) is 0 Å². The number of halogens is 1. The van der Waals surface area contributed by atoms with Gasteiger partial charge in [-0.05, 0) is 18.2 Å². The highest BCUT2D eigenvalue weighted by atomic mass is 32.2. The lowest BCUT2D eigenvalue weighted by molar-refractivity contribution is -0.133. The van der Waals surface area contributed by atoms with Crippen molar-refractivity contribution in [3.05, 3.63) is 29.6 Å². The van der Waals surface area contributed by atoms with E-state index in [-0.39, 0.29) is 22.0 Å². The quantitative estimate of drug-likeness (QED) is 0.411. The molecule has 0 bridgehead atoms. The molecule has 4 nitrogen and oxygen atoms in total. The van der Waals surface area contributed by atoms with E-state index in [1.54, 1.807) is 0 Å². The number of amidine groups is 1. The van der Waals surface area contributed by atoms with Crippen LogP contribution in [0.25, 0.3) is 0 Å². The van der Waals surface area contributed by atoms with Crippen molar-refractivity contribution in [2.75, 3.05) is 5.75 Å². The van der Waals surface area contributed by atoms with Gasteiger partial charge in [-0.3, -0.25) is 10.2 Å². The minimum atomic E-state index is -1.00. The van der Waals surface area contributed by atoms with Crippen molar-refractivity contribution < 1.29 is 14.3 Å². The number of carboxylic acid groups (broad SMARTS) is 1. The van der Waals surface area contributed by atoms with E-state index in [1.165, 1.54) is 12.1 Å². The molecule has 0 saturated heterocycles. The van der Waals surface area contributed by atoms with Crippen LogP contribution in [0, 0.1) is 11.2 Å². The summed E-state index contributed by atoms with van der Waals surface area (Å²) >= 11 is 0.890. The minimum Gasteiger partial charge on any atom is -0.481 e. The van der Waals surface area contributed by atoms with Crippen LogP contribution in [0.2, 0.25) is 0 Å². The van der Waals surface area contributed by atoms with E-state index >= 15 is 0 Å². The van der Waals surface area contributed by atoms with Crippen molar-refractivity contribution in [1.29, 1.82) is 5.41 Å². The molecule has 6 heteroatoms. The SMILES string of the molecule is N=C(N)c1ccc(SCC(=O)O)c(F)c1. The van der Waals surface area contributed by atoms with Crippen LogP contribution in [0.4, 0.5) is 4.39 Å². The van der Waals surface area contributed by atoms with Crippen molar-refractivity contribution in [1.82, 2.24) is 0 Å². The van der Waals surface area contributed by atoms with Gasteiger partial charge in [-0.2, -0.15) is 0 Å². The Morgan fingerprint density at radius 2 is 2.27 bits per heavy atom. The highest BCUT2D eigenvalue weighted by molar-refractivity contribution is 8.00. The van der Waals surface area contributed by atoms with Gasteiger partial charge < -0.3 is 10.8 Å². The van der Waals surface area contributed by atoms with Gasteiger partial charge in [-0.25, -0.2) is 4.39 Å². The first-order chi connectivity index (χ1) is 7.00. The van der Waals surface area contributed by atoms with Crippen molar-refractivity contribution in [2.45, 2.75) is 4.90 Å². The predicted molar refractivity (Wildman–Crippen MR) is 55.8 cm³/mol. The number of carbonyl (C=O) groups is 1. The Morgan fingerprint density at radius 1 is 1.60 bits per heavy atom. The second kappa shape index (κ2) is 4.79. The summed E-state index contributed by atoms with van der Waals surface area (Å²) in [5.74, 6) is -1.98. The van der Waals surface area contributed by atoms with Gasteiger partial charge in [0.05, 0.1) is 5.75 Å². The van der Waals surface area contributed by atoms with Crippen molar-refractivity contribution in [3.63, 3.8) is 0 Å². The third-order valence-corrected chi connectivity index (χ3v) is 2.63. The molecule has 0 aliphatic rings. The molecule has 0 unspecified atom stereocenters. The van der Waals surface area contributed by atoms with Crippen molar-refractivity contribution in [2.24, 2.45) is 5.73 Å². The number of nitrogen functional groups attached to an aromatic ring is 1. The third-order valence-electron chi connectivity index (χ3n) is 1.59. The number of aliphatic carboxylic acids is 1. The lowest BCUT2D eigenvalue weighted by Crippen LogP contribution is -2.11. The Balaban J connectivity index is 2.83. The summed E-state index contributed by atoms with van der Waals surface area (Å²) in [6, 6.07) is 4.02. The summed E-state index contributed by atoms with van der Waals surface area (Å²) < 4.78 is 13.3. The second-order valence-corrected chi connectivity index (χ2v) is 3.76. The number of hydrogen-bond donors (Lipinski definition) is 3. The molecule has 0 heterocycles. The summed E-state index contributed by atoms with van der Waals surface area (Å²) in [6.45, 7) is 0. The minimum absolute atomic E-state index is 0.198. The van der Waals surface area contributed by atoms with Crippen LogP contribution >= 0.6 is 11.8 Å². The molecule has 80 valence electrons. The maximum Gasteiger partial charge on any atom is 0.313 e. The van der Waals surface area contributed by atoms with E-state index in [0.29, 0.717) is 0 Å². The van der Waals surface area contributed by atoms with E-state index in [0.717, 1.165) is 17.8 Å². The van der Waals surface area contributed by atoms with Gasteiger partial charge in [0.1, 0.15) is 11.7 Å². The molecule has 0 saturated carbocycles. The molecular weight excluding hydrogens is 219 g/mol. The summed E-state index contributed by atoms with van der Waals surface area (Å²) in [6.07, 6.45) is 0. The Bertz CT molecular complexity index is 409. The standard InChI is InChI=1S/C9H9FN2O2S/c10-6-3-5(9(11)12)1-2-7(6)15-4-8(13)14/h1-3H,4H2,(H3,11,12)(H,13,14). The van der Waals surface area contributed by atoms with E-state index in [4.69, 9.17) is 16.2 Å². The fraction of sp³-hybridized carbons (Fsp3) is 0.111. The zero-order valence-corrected chi connectivity index (χ0v) is 8.47. The molecule has 1 rings (SSSR count). The van der Waals surface area contributed by atoms with Crippen LogP contribution in [0.3, 0.4) is 0 Å². The summed E-state index contributed by atoms with van der Waals surface area (Å²) in [5.41, 5.74) is 5.46. The number of nitrogens with one attached hydrogen (secondary N) is 1. The highest BCUT2D eigenvalue weighted by Crippen LogP contribution is 2.22. The summed E-state index contributed by atoms with van der Waals surface area (Å²) in [4.78, 5) is 10.5. The topological polar surface area (TPSA) is 87.2 Å². The van der Waals surface area contributed by atoms with Gasteiger partial charge in [0.2, 0.25) is 0 Å². The second-order valence-electron chi connectivity index (χ2n) is 2.74. The maximum atomic E-state index is 13.3. The first-order valence-corrected chi connectivity index (χ1v) is 4.98. The zero-order chi connectivity index (χ0) is 11.4. The lowest BCUT2D eigenvalue weighted by Gasteiger charge is -2.03. The molecular formula is C9H9FN2O2S. The molecule has 4 N–H and O–H groups in total. The van der Waals surface area contributed by atoms with Crippen LogP contribution in [-0.4, -0.2) is 22.7 Å². The monoisotopic (exact) mass is 228 g/mol. The van der Waals surface area contributed by atoms with E-state index in [9.17, 15) is 9.18 Å². The third kappa shape index (κ3) is 3.25. The molecule has 1 aromatic rings. The number of carboxylic acids is 1. The smallest absolute Gasteiger partial charge is 0.313 e. The van der Waals surface area contributed by atoms with Crippen LogP contribution in [0.5, 0.6) is 0 Å². The van der Waals surface area contributed by atoms with Crippen LogP contribution in [-0.2, 0) is 4.79 Å². The number of hydrogen-bond acceptors (Lipinski definition) is 3. The van der Waals surface area contributed by atoms with Gasteiger partial charge in [-0.1, -0.05) is 0 Å². The fourth-order valence-corrected chi connectivity index (χ4v) is 1.56. The summed E-state index contributed by atoms with van der Waals surface area (Å²) in [7, 11) is 0. The molecule has 1 aromatic carbocycles. The van der Waals surface area contributed by atoms with Crippen molar-refractivity contribution >= 4 is 23.6 Å². The Kier molecular flexibility index (Phi) is 3.68. The molecule has 15 heavy (non-hydrogen) atoms. The summed E-state index contributed by atoms with van der Waals surface area (Å²) in [5, 5.41) is 15.5. The first-order valence-electron chi connectivity index (χ1n) is 3.99. The molecule has 0 spiro atoms. The number of nitrogens with two attached hydrogens (primary N) is 1. The number of thioether (sulfide) groups is 1. The van der Waals surface area contributed by atoms with Gasteiger partial charge in [0, 0.05) is 10.5 Å². The average molecular weight is 228 g/mol. The Morgan fingerprint density at radius 3 is 2.73 bits per heavy atom. The van der Waals surface area contributed by atoms with E-state index < -0.39 is 11.8 Å². The molecule has 0 amide bonds. The normalized spacial score (nSPS) is 9.93. The zero-order valence-electron chi connectivity index (χ0n) is 7.66. The average Bonchev–Trinajstić information content (AvgIpc) is 2.15. The Hall–Kier alpha value is -1.56. The molecule has 0 fully saturated rings. The fourth-order valence-electron chi connectivity index (χ4n) is 0.925. The molecule has 0 atom stereocenters. The van der Waals surface area contributed by atoms with Crippen LogP contribution in [0.1, 0.15) is 5.56 Å². The molecule has 0 radical (unpaired) electrons. The Labute approximate surface area is 89.8 Å². The van der Waals surface area contributed by atoms with Crippen molar-refractivity contribution in [3.8, 4) is 0 Å². The largest absolute Gasteiger partial charge is 0.481 e. The maximum absolute atomic E-state index is 13.3. The van der Waals surface area contributed by atoms with Gasteiger partial charge >= 0.3 is 5.97 Å². The molecule has 0 aliphatic heterocycles. The molecule has 0 aromatic heterocycles. The molecule has 0 aliphatic carbocycles. The number of benzene rings is 1. The van der Waals surface area contributed by atoms with Gasteiger partial charge in [-0.15, -0.1) is 11.8 Å².